The van der Waals surface area contributed by atoms with Gasteiger partial charge in [-0.05, 0) is 19.3 Å². The molecule has 2 N–H and O–H groups in total. The molecule has 0 aromatic rings. The van der Waals surface area contributed by atoms with Crippen molar-refractivity contribution in [1.29, 1.82) is 0 Å². The lowest BCUT2D eigenvalue weighted by molar-refractivity contribution is -0.142. The Balaban J connectivity index is 3.50. The summed E-state index contributed by atoms with van der Waals surface area (Å²) in [5.74, 6) is -1.74. The molecule has 26 heavy (non-hydrogen) atoms. The minimum atomic E-state index is -0.755. The van der Waals surface area contributed by atoms with E-state index < -0.39 is 11.9 Å². The average molecular weight is 370 g/mol. The van der Waals surface area contributed by atoms with Gasteiger partial charge in [0.05, 0.1) is 5.92 Å². The molecule has 0 aliphatic heterocycles. The van der Waals surface area contributed by atoms with Crippen LogP contribution in [0.2, 0.25) is 0 Å². The van der Waals surface area contributed by atoms with Gasteiger partial charge in [-0.2, -0.15) is 0 Å². The smallest absolute Gasteiger partial charge is 0.306 e. The Hall–Kier alpha value is -1.39. The average Bonchev–Trinajstić information content (AvgIpc) is 2.63. The van der Waals surface area contributed by atoms with Crippen LogP contribution in [0.4, 0.5) is 0 Å². The normalized spacial score (nSPS) is 11.9. The highest BCUT2D eigenvalue weighted by atomic mass is 16.4. The molecule has 0 aromatic heterocycles. The third-order valence-corrected chi connectivity index (χ3v) is 4.89. The molecule has 0 aliphatic carbocycles. The summed E-state index contributed by atoms with van der Waals surface area (Å²) >= 11 is 0. The Morgan fingerprint density at radius 1 is 0.808 bits per heavy atom. The van der Waals surface area contributed by atoms with Crippen LogP contribution in [0.3, 0.4) is 0 Å². The first-order valence-electron chi connectivity index (χ1n) is 10.6. The van der Waals surface area contributed by atoms with E-state index in [1.165, 1.54) is 64.2 Å². The number of aliphatic carboxylic acids is 1. The summed E-state index contributed by atoms with van der Waals surface area (Å²) in [7, 11) is 0. The minimum absolute atomic E-state index is 0.237. The minimum Gasteiger partial charge on any atom is -0.481 e. The van der Waals surface area contributed by atoms with Gasteiger partial charge >= 0.3 is 5.97 Å². The van der Waals surface area contributed by atoms with Gasteiger partial charge in [-0.15, -0.1) is 0 Å². The van der Waals surface area contributed by atoms with Crippen LogP contribution in [0, 0.1) is 5.92 Å². The first kappa shape index (κ1) is 24.6. The highest BCUT2D eigenvalue weighted by Crippen LogP contribution is 2.17. The Morgan fingerprint density at radius 2 is 1.27 bits per heavy atom. The van der Waals surface area contributed by atoms with Crippen LogP contribution in [-0.4, -0.2) is 29.8 Å². The molecule has 0 radical (unpaired) electrons. The molecule has 0 spiro atoms. The second-order valence-electron chi connectivity index (χ2n) is 7.26. The fourth-order valence-corrected chi connectivity index (χ4v) is 3.22. The third-order valence-electron chi connectivity index (χ3n) is 4.89. The number of hydrogen-bond donors (Lipinski definition) is 2. The summed E-state index contributed by atoms with van der Waals surface area (Å²) in [6.07, 6.45) is 17.4. The molecule has 0 rings (SSSR count). The van der Waals surface area contributed by atoms with Crippen LogP contribution in [0.15, 0.2) is 0 Å². The van der Waals surface area contributed by atoms with Crippen LogP contribution in [0.5, 0.6) is 0 Å². The number of carboxylic acids is 1. The monoisotopic (exact) mass is 369 g/mol. The number of carboxylic acid groups (broad SMARTS) is 1. The van der Waals surface area contributed by atoms with E-state index in [-0.39, 0.29) is 12.2 Å². The zero-order chi connectivity index (χ0) is 19.5. The lowest BCUT2D eigenvalue weighted by Gasteiger charge is -2.12. The first-order chi connectivity index (χ1) is 12.6. The van der Waals surface area contributed by atoms with Crippen LogP contribution >= 0.6 is 0 Å². The number of amides is 1. The summed E-state index contributed by atoms with van der Waals surface area (Å²) in [5.41, 5.74) is 0. The Morgan fingerprint density at radius 3 is 1.73 bits per heavy atom. The van der Waals surface area contributed by atoms with E-state index in [1.807, 2.05) is 0 Å². The first-order valence-corrected chi connectivity index (χ1v) is 10.6. The largest absolute Gasteiger partial charge is 0.481 e. The summed E-state index contributed by atoms with van der Waals surface area (Å²) in [4.78, 5) is 32.2. The standard InChI is InChI=1S/C21H39NO4/c1-2-3-4-5-6-7-8-9-10-11-12-13-15-19(21(25)26)16-14-17-22-20(24)18-23/h18-19H,2-17H2,1H3,(H,22,24)(H,25,26). The second-order valence-corrected chi connectivity index (χ2v) is 7.26. The van der Waals surface area contributed by atoms with Crippen molar-refractivity contribution in [2.75, 3.05) is 6.54 Å². The second kappa shape index (κ2) is 18.4. The summed E-state index contributed by atoms with van der Waals surface area (Å²) in [6, 6.07) is 0. The summed E-state index contributed by atoms with van der Waals surface area (Å²) in [6.45, 7) is 2.61. The van der Waals surface area contributed by atoms with Crippen molar-refractivity contribution in [3.05, 3.63) is 0 Å². The predicted molar refractivity (Wildman–Crippen MR) is 105 cm³/mol. The molecule has 0 aliphatic rings. The zero-order valence-corrected chi connectivity index (χ0v) is 16.6. The van der Waals surface area contributed by atoms with Crippen molar-refractivity contribution in [3.63, 3.8) is 0 Å². The van der Waals surface area contributed by atoms with Gasteiger partial charge in [0.25, 0.3) is 5.91 Å². The Labute approximate surface area is 159 Å². The highest BCUT2D eigenvalue weighted by molar-refractivity contribution is 6.23. The van der Waals surface area contributed by atoms with E-state index in [4.69, 9.17) is 0 Å². The van der Waals surface area contributed by atoms with Gasteiger partial charge < -0.3 is 10.4 Å². The Bertz CT molecular complexity index is 371. The molecule has 5 heteroatoms. The van der Waals surface area contributed by atoms with Crippen molar-refractivity contribution < 1.29 is 19.5 Å². The topological polar surface area (TPSA) is 83.5 Å². The molecule has 0 aromatic carbocycles. The van der Waals surface area contributed by atoms with E-state index >= 15 is 0 Å². The van der Waals surface area contributed by atoms with E-state index in [2.05, 4.69) is 12.2 Å². The fraction of sp³-hybridized carbons (Fsp3) is 0.857. The molecule has 0 bridgehead atoms. The van der Waals surface area contributed by atoms with Gasteiger partial charge in [0.1, 0.15) is 0 Å². The summed E-state index contributed by atoms with van der Waals surface area (Å²) in [5, 5.41) is 11.7. The van der Waals surface area contributed by atoms with Gasteiger partial charge in [0.15, 0.2) is 0 Å². The molecular formula is C21H39NO4. The molecule has 0 fully saturated rings. The maximum atomic E-state index is 11.3. The number of carbonyl (C=O) groups excluding carboxylic acids is 2. The van der Waals surface area contributed by atoms with Crippen LogP contribution < -0.4 is 5.32 Å². The number of unbranched alkanes of at least 4 members (excludes halogenated alkanes) is 11. The molecule has 1 amide bonds. The van der Waals surface area contributed by atoms with Crippen LogP contribution in [0.1, 0.15) is 103 Å². The van der Waals surface area contributed by atoms with Crippen molar-refractivity contribution in [2.45, 2.75) is 103 Å². The molecule has 0 heterocycles. The van der Waals surface area contributed by atoms with Gasteiger partial charge in [-0.25, -0.2) is 0 Å². The maximum Gasteiger partial charge on any atom is 0.306 e. The molecule has 0 saturated heterocycles. The molecular weight excluding hydrogens is 330 g/mol. The SMILES string of the molecule is CCCCCCCCCCCCCCC(CCCNC(=O)C=O)C(=O)O. The molecule has 5 nitrogen and oxygen atoms in total. The van der Waals surface area contributed by atoms with Crippen molar-refractivity contribution >= 4 is 18.2 Å². The van der Waals surface area contributed by atoms with Crippen molar-refractivity contribution in [1.82, 2.24) is 5.32 Å². The predicted octanol–water partition coefficient (Wildman–Crippen LogP) is 4.87. The highest BCUT2D eigenvalue weighted by Gasteiger charge is 2.16. The summed E-state index contributed by atoms with van der Waals surface area (Å²) < 4.78 is 0. The lowest BCUT2D eigenvalue weighted by Crippen LogP contribution is -2.26. The van der Waals surface area contributed by atoms with Gasteiger partial charge in [-0.3, -0.25) is 14.4 Å². The number of rotatable bonds is 19. The molecule has 1 atom stereocenters. The maximum absolute atomic E-state index is 11.3. The van der Waals surface area contributed by atoms with Gasteiger partial charge in [-0.1, -0.05) is 84.0 Å². The lowest BCUT2D eigenvalue weighted by atomic mass is 9.95. The van der Waals surface area contributed by atoms with E-state index in [1.54, 1.807) is 0 Å². The molecule has 152 valence electrons. The van der Waals surface area contributed by atoms with Crippen molar-refractivity contribution in [3.8, 4) is 0 Å². The number of aldehydes is 1. The third kappa shape index (κ3) is 16.1. The molecule has 1 unspecified atom stereocenters. The van der Waals surface area contributed by atoms with E-state index in [0.29, 0.717) is 25.8 Å². The van der Waals surface area contributed by atoms with E-state index in [0.717, 1.165) is 12.8 Å². The number of nitrogens with one attached hydrogen (secondary N) is 1. The molecule has 0 saturated carbocycles. The van der Waals surface area contributed by atoms with Crippen LogP contribution in [-0.2, 0) is 14.4 Å². The van der Waals surface area contributed by atoms with Crippen molar-refractivity contribution in [2.24, 2.45) is 5.92 Å². The number of hydrogen-bond acceptors (Lipinski definition) is 3. The fourth-order valence-electron chi connectivity index (χ4n) is 3.22. The quantitative estimate of drug-likeness (QED) is 0.193. The van der Waals surface area contributed by atoms with E-state index in [9.17, 15) is 19.5 Å². The zero-order valence-electron chi connectivity index (χ0n) is 16.6. The van der Waals surface area contributed by atoms with Gasteiger partial charge in [0.2, 0.25) is 6.29 Å². The van der Waals surface area contributed by atoms with Crippen LogP contribution in [0.25, 0.3) is 0 Å². The van der Waals surface area contributed by atoms with Gasteiger partial charge in [0, 0.05) is 6.54 Å². The number of carbonyl (C=O) groups is 3. The Kier molecular flexibility index (Phi) is 17.4.